The maximum atomic E-state index is 12.6. The third-order valence-corrected chi connectivity index (χ3v) is 4.84. The quantitative estimate of drug-likeness (QED) is 0.798. The van der Waals surface area contributed by atoms with E-state index in [0.717, 1.165) is 52.0 Å². The van der Waals surface area contributed by atoms with E-state index in [0.29, 0.717) is 31.2 Å². The van der Waals surface area contributed by atoms with E-state index in [-0.39, 0.29) is 0 Å². The summed E-state index contributed by atoms with van der Waals surface area (Å²) in [5.41, 5.74) is 0. The number of fused-ring (bicyclic) bond motifs is 1. The molecular formula is C15H27N3O2. The minimum Gasteiger partial charge on any atom is -0.374 e. The number of rotatable bonds is 2. The van der Waals surface area contributed by atoms with E-state index in [4.69, 9.17) is 4.74 Å². The minimum atomic E-state index is 0.298. The number of nitrogens with zero attached hydrogens (tertiary/aromatic N) is 2. The van der Waals surface area contributed by atoms with Crippen molar-refractivity contribution in [1.29, 1.82) is 0 Å². The van der Waals surface area contributed by atoms with Crippen LogP contribution in [-0.2, 0) is 9.53 Å². The summed E-state index contributed by atoms with van der Waals surface area (Å²) in [5, 5.41) is 3.39. The molecule has 1 amide bonds. The summed E-state index contributed by atoms with van der Waals surface area (Å²) in [6, 6.07) is 0.343. The Hall–Kier alpha value is -0.650. The van der Waals surface area contributed by atoms with Crippen molar-refractivity contribution < 1.29 is 9.53 Å². The van der Waals surface area contributed by atoms with Crippen LogP contribution < -0.4 is 5.32 Å². The van der Waals surface area contributed by atoms with E-state index < -0.39 is 0 Å². The normalized spacial score (nSPS) is 32.5. The molecule has 0 radical (unpaired) electrons. The Kier molecular flexibility index (Phi) is 4.91. The second-order valence-corrected chi connectivity index (χ2v) is 6.23. The Morgan fingerprint density at radius 3 is 2.95 bits per heavy atom. The largest absolute Gasteiger partial charge is 0.374 e. The summed E-state index contributed by atoms with van der Waals surface area (Å²) in [7, 11) is 0. The molecule has 20 heavy (non-hydrogen) atoms. The number of ether oxygens (including phenoxy) is 1. The van der Waals surface area contributed by atoms with Gasteiger partial charge < -0.3 is 15.0 Å². The van der Waals surface area contributed by atoms with Crippen molar-refractivity contribution in [2.24, 2.45) is 0 Å². The van der Waals surface area contributed by atoms with E-state index in [2.05, 4.69) is 15.1 Å². The van der Waals surface area contributed by atoms with Crippen molar-refractivity contribution in [2.45, 2.75) is 44.2 Å². The molecule has 2 unspecified atom stereocenters. The van der Waals surface area contributed by atoms with Crippen LogP contribution in [0.25, 0.3) is 0 Å². The van der Waals surface area contributed by atoms with E-state index in [1.807, 2.05) is 0 Å². The highest BCUT2D eigenvalue weighted by Gasteiger charge is 2.36. The minimum absolute atomic E-state index is 0.298. The van der Waals surface area contributed by atoms with Crippen LogP contribution in [0.4, 0.5) is 0 Å². The number of hydrogen-bond acceptors (Lipinski definition) is 4. The van der Waals surface area contributed by atoms with Gasteiger partial charge in [0.1, 0.15) is 0 Å². The van der Waals surface area contributed by atoms with Crippen LogP contribution in [0, 0.1) is 0 Å². The highest BCUT2D eigenvalue weighted by Crippen LogP contribution is 2.28. The number of morpholine rings is 1. The van der Waals surface area contributed by atoms with Crippen molar-refractivity contribution in [1.82, 2.24) is 15.1 Å². The molecular weight excluding hydrogens is 254 g/mol. The van der Waals surface area contributed by atoms with Gasteiger partial charge in [0.05, 0.1) is 25.3 Å². The van der Waals surface area contributed by atoms with Gasteiger partial charge >= 0.3 is 0 Å². The lowest BCUT2D eigenvalue weighted by molar-refractivity contribution is -0.150. The molecule has 1 aliphatic carbocycles. The lowest BCUT2D eigenvalue weighted by atomic mass is 9.90. The third-order valence-electron chi connectivity index (χ3n) is 4.84. The van der Waals surface area contributed by atoms with E-state index >= 15 is 0 Å². The van der Waals surface area contributed by atoms with Crippen LogP contribution in [0.5, 0.6) is 0 Å². The molecule has 0 bridgehead atoms. The van der Waals surface area contributed by atoms with E-state index in [1.54, 1.807) is 0 Å². The predicted molar refractivity (Wildman–Crippen MR) is 77.6 cm³/mol. The van der Waals surface area contributed by atoms with Gasteiger partial charge in [0.15, 0.2) is 0 Å². The molecule has 2 saturated heterocycles. The van der Waals surface area contributed by atoms with Gasteiger partial charge in [0.25, 0.3) is 0 Å². The molecule has 3 aliphatic rings. The fraction of sp³-hybridized carbons (Fsp3) is 0.933. The molecule has 2 atom stereocenters. The van der Waals surface area contributed by atoms with Crippen LogP contribution in [0.3, 0.4) is 0 Å². The summed E-state index contributed by atoms with van der Waals surface area (Å²) in [5.74, 6) is 0.312. The van der Waals surface area contributed by atoms with E-state index in [9.17, 15) is 4.79 Å². The topological polar surface area (TPSA) is 44.8 Å². The number of amides is 1. The summed E-state index contributed by atoms with van der Waals surface area (Å²) >= 11 is 0. The number of nitrogens with one attached hydrogen (secondary N) is 1. The molecule has 0 aromatic rings. The Labute approximate surface area is 121 Å². The van der Waals surface area contributed by atoms with Crippen molar-refractivity contribution in [3.63, 3.8) is 0 Å². The van der Waals surface area contributed by atoms with Crippen molar-refractivity contribution in [2.75, 3.05) is 45.9 Å². The first kappa shape index (κ1) is 14.3. The molecule has 5 nitrogen and oxygen atoms in total. The van der Waals surface area contributed by atoms with Crippen LogP contribution >= 0.6 is 0 Å². The molecule has 2 aliphatic heterocycles. The zero-order chi connectivity index (χ0) is 13.8. The molecule has 1 N–H and O–H groups in total. The number of carbonyl (C=O) groups is 1. The first-order valence-electron chi connectivity index (χ1n) is 8.19. The van der Waals surface area contributed by atoms with Gasteiger partial charge in [0, 0.05) is 19.6 Å². The number of hydrogen-bond donors (Lipinski definition) is 1. The summed E-state index contributed by atoms with van der Waals surface area (Å²) in [4.78, 5) is 17.1. The van der Waals surface area contributed by atoms with Gasteiger partial charge in [-0.3, -0.25) is 9.69 Å². The zero-order valence-electron chi connectivity index (χ0n) is 12.4. The third kappa shape index (κ3) is 3.32. The highest BCUT2D eigenvalue weighted by atomic mass is 16.5. The molecule has 2 heterocycles. The Balaban J connectivity index is 1.57. The average Bonchev–Trinajstić information content (AvgIpc) is 2.75. The van der Waals surface area contributed by atoms with Crippen LogP contribution in [0.2, 0.25) is 0 Å². The maximum absolute atomic E-state index is 12.6. The first-order chi connectivity index (χ1) is 9.84. The summed E-state index contributed by atoms with van der Waals surface area (Å²) < 4.78 is 5.85. The Morgan fingerprint density at radius 2 is 2.00 bits per heavy atom. The van der Waals surface area contributed by atoms with Crippen LogP contribution in [-0.4, -0.2) is 73.7 Å². The van der Waals surface area contributed by atoms with E-state index in [1.165, 1.54) is 12.8 Å². The second kappa shape index (κ2) is 6.87. The molecule has 3 rings (SSSR count). The Morgan fingerprint density at radius 1 is 1.10 bits per heavy atom. The van der Waals surface area contributed by atoms with Gasteiger partial charge in [-0.05, 0) is 32.4 Å². The molecule has 3 fully saturated rings. The van der Waals surface area contributed by atoms with Crippen LogP contribution in [0.1, 0.15) is 32.1 Å². The molecule has 5 heteroatoms. The average molecular weight is 281 g/mol. The lowest BCUT2D eigenvalue weighted by Crippen LogP contribution is -2.56. The lowest BCUT2D eigenvalue weighted by Gasteiger charge is -2.44. The molecule has 0 aromatic carbocycles. The second-order valence-electron chi connectivity index (χ2n) is 6.23. The Bertz CT molecular complexity index is 327. The fourth-order valence-electron chi connectivity index (χ4n) is 3.75. The number of carbonyl (C=O) groups excluding carboxylic acids is 1. The van der Waals surface area contributed by atoms with Gasteiger partial charge in [-0.1, -0.05) is 12.8 Å². The summed E-state index contributed by atoms with van der Waals surface area (Å²) in [6.07, 6.45) is 6.18. The van der Waals surface area contributed by atoms with Gasteiger partial charge in [0.2, 0.25) is 5.91 Å². The maximum Gasteiger partial charge on any atom is 0.237 e. The van der Waals surface area contributed by atoms with Crippen molar-refractivity contribution in [3.05, 3.63) is 0 Å². The molecule has 1 saturated carbocycles. The van der Waals surface area contributed by atoms with Gasteiger partial charge in [-0.2, -0.15) is 0 Å². The molecule has 0 spiro atoms. The summed E-state index contributed by atoms with van der Waals surface area (Å²) in [6.45, 7) is 6.20. The monoisotopic (exact) mass is 281 g/mol. The van der Waals surface area contributed by atoms with Crippen molar-refractivity contribution >= 4 is 5.91 Å². The van der Waals surface area contributed by atoms with Crippen LogP contribution in [0.15, 0.2) is 0 Å². The SMILES string of the molecule is O=C(CN1CCCNCC1)N1CCOC2CCCCC21. The zero-order valence-corrected chi connectivity index (χ0v) is 12.4. The first-order valence-corrected chi connectivity index (χ1v) is 8.19. The molecule has 0 aromatic heterocycles. The van der Waals surface area contributed by atoms with Gasteiger partial charge in [-0.15, -0.1) is 0 Å². The van der Waals surface area contributed by atoms with Gasteiger partial charge in [-0.25, -0.2) is 0 Å². The smallest absolute Gasteiger partial charge is 0.237 e. The standard InChI is InChI=1S/C15H27N3O2/c19-15(12-17-8-3-6-16-7-9-17)18-10-11-20-14-5-2-1-4-13(14)18/h13-14,16H,1-12H2. The van der Waals surface area contributed by atoms with Crippen molar-refractivity contribution in [3.8, 4) is 0 Å². The molecule has 114 valence electrons. The fourth-order valence-corrected chi connectivity index (χ4v) is 3.75. The highest BCUT2D eigenvalue weighted by molar-refractivity contribution is 5.78. The predicted octanol–water partition coefficient (Wildman–Crippen LogP) is 0.452.